The Morgan fingerprint density at radius 3 is 2.47 bits per heavy atom. The summed E-state index contributed by atoms with van der Waals surface area (Å²) in [5.74, 6) is 0.352. The van der Waals surface area contributed by atoms with Gasteiger partial charge in [0.15, 0.2) is 0 Å². The Kier molecular flexibility index (Phi) is 5.69. The molecule has 3 heteroatoms. The average Bonchev–Trinajstić information content (AvgIpc) is 2.46. The molecule has 0 amide bonds. The molecular weight excluding hydrogens is 190 g/mol. The van der Waals surface area contributed by atoms with E-state index in [4.69, 9.17) is 10.5 Å². The molecule has 1 N–H and O–H groups in total. The molecular formula is C12H22NO2. The number of nitrogens with one attached hydrogen (secondary N) is 1. The summed E-state index contributed by atoms with van der Waals surface area (Å²) >= 11 is 0. The number of hydrogen-bond donors (Lipinski definition) is 0. The van der Waals surface area contributed by atoms with Gasteiger partial charge in [-0.3, -0.25) is 4.79 Å². The first-order valence-electron chi connectivity index (χ1n) is 6.08. The smallest absolute Gasteiger partial charge is 0.324 e. The van der Waals surface area contributed by atoms with Gasteiger partial charge in [0.05, 0.1) is 6.61 Å². The lowest BCUT2D eigenvalue weighted by Gasteiger charge is -2.14. The van der Waals surface area contributed by atoms with Crippen LogP contribution < -0.4 is 5.73 Å². The lowest BCUT2D eigenvalue weighted by molar-refractivity contribution is -0.145. The van der Waals surface area contributed by atoms with Gasteiger partial charge >= 0.3 is 5.97 Å². The standard InChI is InChI=1S/C12H22NO2/c1-10(13)12(14)15-9-8-11-6-4-2-3-5-7-11/h10-11,13H,2-9H2,1H3. The van der Waals surface area contributed by atoms with Gasteiger partial charge in [-0.1, -0.05) is 38.5 Å². The maximum atomic E-state index is 11.0. The summed E-state index contributed by atoms with van der Waals surface area (Å²) in [6, 6.07) is -0.737. The molecule has 1 saturated carbocycles. The van der Waals surface area contributed by atoms with Crippen LogP contribution >= 0.6 is 0 Å². The summed E-state index contributed by atoms with van der Waals surface area (Å²) in [6.45, 7) is 2.06. The van der Waals surface area contributed by atoms with Crippen LogP contribution in [-0.4, -0.2) is 18.6 Å². The maximum absolute atomic E-state index is 11.0. The van der Waals surface area contributed by atoms with Crippen LogP contribution in [0.1, 0.15) is 51.9 Å². The zero-order valence-corrected chi connectivity index (χ0v) is 9.63. The van der Waals surface area contributed by atoms with Crippen LogP contribution in [0.15, 0.2) is 0 Å². The molecule has 1 aliphatic rings. The van der Waals surface area contributed by atoms with Crippen molar-refractivity contribution in [2.75, 3.05) is 6.61 Å². The topological polar surface area (TPSA) is 50.1 Å². The fraction of sp³-hybridized carbons (Fsp3) is 0.917. The number of rotatable bonds is 4. The molecule has 1 unspecified atom stereocenters. The van der Waals surface area contributed by atoms with Gasteiger partial charge in [0.1, 0.15) is 6.04 Å². The van der Waals surface area contributed by atoms with Gasteiger partial charge in [0.2, 0.25) is 0 Å². The Morgan fingerprint density at radius 1 is 1.33 bits per heavy atom. The summed E-state index contributed by atoms with van der Waals surface area (Å²) in [5, 5.41) is 0. The Hall–Kier alpha value is -0.570. The molecule has 0 heterocycles. The summed E-state index contributed by atoms with van der Waals surface area (Å²) < 4.78 is 5.02. The normalized spacial score (nSPS) is 20.7. The highest BCUT2D eigenvalue weighted by Crippen LogP contribution is 2.25. The minimum absolute atomic E-state index is 0.386. The van der Waals surface area contributed by atoms with Gasteiger partial charge < -0.3 is 4.74 Å². The molecule has 1 fully saturated rings. The molecule has 0 aromatic heterocycles. The van der Waals surface area contributed by atoms with E-state index in [2.05, 4.69) is 0 Å². The molecule has 1 rings (SSSR count). The van der Waals surface area contributed by atoms with Crippen LogP contribution in [0.2, 0.25) is 0 Å². The van der Waals surface area contributed by atoms with Crippen LogP contribution in [0, 0.1) is 5.92 Å². The van der Waals surface area contributed by atoms with E-state index in [1.165, 1.54) is 38.5 Å². The summed E-state index contributed by atoms with van der Waals surface area (Å²) in [7, 11) is 0. The van der Waals surface area contributed by atoms with Crippen molar-refractivity contribution in [3.8, 4) is 0 Å². The van der Waals surface area contributed by atoms with Gasteiger partial charge in [-0.2, -0.15) is 0 Å². The number of esters is 1. The van der Waals surface area contributed by atoms with E-state index in [1.54, 1.807) is 6.92 Å². The lowest BCUT2D eigenvalue weighted by Crippen LogP contribution is -2.22. The van der Waals surface area contributed by atoms with E-state index in [1.807, 2.05) is 0 Å². The molecule has 3 nitrogen and oxygen atoms in total. The van der Waals surface area contributed by atoms with Crippen LogP contribution in [0.25, 0.3) is 0 Å². The Labute approximate surface area is 92.4 Å². The molecule has 1 radical (unpaired) electrons. The molecule has 0 saturated heterocycles. The van der Waals surface area contributed by atoms with Crippen LogP contribution in [-0.2, 0) is 9.53 Å². The highest BCUT2D eigenvalue weighted by molar-refractivity contribution is 5.74. The second-order valence-corrected chi connectivity index (χ2v) is 4.54. The predicted octanol–water partition coefficient (Wildman–Crippen LogP) is 2.56. The molecule has 1 aliphatic carbocycles. The number of carbonyl (C=O) groups is 1. The molecule has 0 aromatic carbocycles. The van der Waals surface area contributed by atoms with Crippen LogP contribution in [0.3, 0.4) is 0 Å². The van der Waals surface area contributed by atoms with E-state index >= 15 is 0 Å². The second-order valence-electron chi connectivity index (χ2n) is 4.54. The van der Waals surface area contributed by atoms with Crippen molar-refractivity contribution >= 4 is 5.97 Å². The first-order chi connectivity index (χ1) is 7.20. The second kappa shape index (κ2) is 6.83. The lowest BCUT2D eigenvalue weighted by atomic mass is 9.97. The fourth-order valence-corrected chi connectivity index (χ4v) is 2.10. The van der Waals surface area contributed by atoms with Crippen molar-refractivity contribution in [1.82, 2.24) is 5.73 Å². The molecule has 0 spiro atoms. The Morgan fingerprint density at radius 2 is 1.93 bits per heavy atom. The van der Waals surface area contributed by atoms with Crippen molar-refractivity contribution in [1.29, 1.82) is 0 Å². The monoisotopic (exact) mass is 212 g/mol. The van der Waals surface area contributed by atoms with E-state index < -0.39 is 6.04 Å². The molecule has 15 heavy (non-hydrogen) atoms. The number of ether oxygens (including phenoxy) is 1. The van der Waals surface area contributed by atoms with Gasteiger partial charge in [0, 0.05) is 0 Å². The largest absolute Gasteiger partial charge is 0.464 e. The fourth-order valence-electron chi connectivity index (χ4n) is 2.10. The SMILES string of the molecule is CC([NH])C(=O)OCCC1CCCCCC1. The first kappa shape index (κ1) is 12.5. The van der Waals surface area contributed by atoms with Gasteiger partial charge in [-0.05, 0) is 19.3 Å². The first-order valence-corrected chi connectivity index (χ1v) is 6.08. The number of hydrogen-bond acceptors (Lipinski definition) is 2. The third kappa shape index (κ3) is 5.17. The van der Waals surface area contributed by atoms with E-state index in [-0.39, 0.29) is 5.97 Å². The molecule has 87 valence electrons. The van der Waals surface area contributed by atoms with Gasteiger partial charge in [-0.15, -0.1) is 0 Å². The molecule has 0 aliphatic heterocycles. The predicted molar refractivity (Wildman–Crippen MR) is 59.3 cm³/mol. The minimum Gasteiger partial charge on any atom is -0.464 e. The van der Waals surface area contributed by atoms with E-state index in [0.29, 0.717) is 6.61 Å². The minimum atomic E-state index is -0.737. The van der Waals surface area contributed by atoms with E-state index in [0.717, 1.165) is 12.3 Å². The molecule has 1 atom stereocenters. The van der Waals surface area contributed by atoms with Crippen molar-refractivity contribution in [3.63, 3.8) is 0 Å². The van der Waals surface area contributed by atoms with Crippen molar-refractivity contribution in [3.05, 3.63) is 0 Å². The molecule has 0 aromatic rings. The molecule has 0 bridgehead atoms. The third-order valence-corrected chi connectivity index (χ3v) is 3.10. The van der Waals surface area contributed by atoms with Gasteiger partial charge in [0.25, 0.3) is 0 Å². The van der Waals surface area contributed by atoms with Crippen LogP contribution in [0.5, 0.6) is 0 Å². The Bertz CT molecular complexity index is 184. The highest BCUT2D eigenvalue weighted by atomic mass is 16.5. The van der Waals surface area contributed by atoms with E-state index in [9.17, 15) is 4.79 Å². The highest BCUT2D eigenvalue weighted by Gasteiger charge is 2.14. The van der Waals surface area contributed by atoms with Crippen molar-refractivity contribution in [2.45, 2.75) is 57.9 Å². The van der Waals surface area contributed by atoms with Gasteiger partial charge in [-0.25, -0.2) is 5.73 Å². The van der Waals surface area contributed by atoms with Crippen molar-refractivity contribution in [2.24, 2.45) is 5.92 Å². The third-order valence-electron chi connectivity index (χ3n) is 3.10. The summed E-state index contributed by atoms with van der Waals surface area (Å²) in [6.07, 6.45) is 8.93. The quantitative estimate of drug-likeness (QED) is 0.531. The Balaban J connectivity index is 2.10. The maximum Gasteiger partial charge on any atom is 0.324 e. The summed E-state index contributed by atoms with van der Waals surface area (Å²) in [5.41, 5.74) is 7.17. The summed E-state index contributed by atoms with van der Waals surface area (Å²) in [4.78, 5) is 11.0. The zero-order chi connectivity index (χ0) is 11.1. The number of carbonyl (C=O) groups excluding carboxylic acids is 1. The average molecular weight is 212 g/mol. The van der Waals surface area contributed by atoms with Crippen molar-refractivity contribution < 1.29 is 9.53 Å². The zero-order valence-electron chi connectivity index (χ0n) is 9.63. The van der Waals surface area contributed by atoms with Crippen LogP contribution in [0.4, 0.5) is 0 Å².